The maximum atomic E-state index is 13.3. The average molecular weight is 521 g/mol. The van der Waals surface area contributed by atoms with Crippen LogP contribution in [0.3, 0.4) is 0 Å². The molecule has 3 saturated heterocycles. The summed E-state index contributed by atoms with van der Waals surface area (Å²) >= 11 is 6.14. The molecule has 3 aliphatic heterocycles. The number of halogens is 1. The Morgan fingerprint density at radius 3 is 2.11 bits per heavy atom. The first-order chi connectivity index (χ1) is 17.4. The van der Waals surface area contributed by atoms with Gasteiger partial charge in [-0.3, -0.25) is 20.4 Å². The van der Waals surface area contributed by atoms with E-state index in [4.69, 9.17) is 35.3 Å². The van der Waals surface area contributed by atoms with Crippen LogP contribution in [0.2, 0.25) is 5.02 Å². The molecule has 3 heterocycles. The lowest BCUT2D eigenvalue weighted by molar-refractivity contribution is -0.247. The Bertz CT molecular complexity index is 1020. The SMILES string of the molecule is Cc1ccc(C(=O)NNC(=O)[C@@H]2O[C@@H]3OC4(CCCCC4)O[C@@H]3[C@H]3OC4(CCCCC4)O[C@H]32)cc1Cl. The van der Waals surface area contributed by atoms with Crippen LogP contribution in [0, 0.1) is 6.92 Å². The van der Waals surface area contributed by atoms with Gasteiger partial charge in [0, 0.05) is 36.3 Å². The number of amides is 2. The Morgan fingerprint density at radius 1 is 0.833 bits per heavy atom. The molecular formula is C26H33ClN2O7. The Morgan fingerprint density at radius 2 is 1.44 bits per heavy atom. The van der Waals surface area contributed by atoms with Crippen molar-refractivity contribution in [3.05, 3.63) is 34.3 Å². The Hall–Kier alpha value is -1.75. The summed E-state index contributed by atoms with van der Waals surface area (Å²) in [4.78, 5) is 25.9. The zero-order valence-electron chi connectivity index (χ0n) is 20.4. The van der Waals surface area contributed by atoms with Crippen molar-refractivity contribution < 1.29 is 33.3 Å². The van der Waals surface area contributed by atoms with Crippen LogP contribution < -0.4 is 10.9 Å². The summed E-state index contributed by atoms with van der Waals surface area (Å²) in [5.41, 5.74) is 6.16. The van der Waals surface area contributed by atoms with Gasteiger partial charge >= 0.3 is 0 Å². The van der Waals surface area contributed by atoms with Crippen LogP contribution in [0.5, 0.6) is 0 Å². The van der Waals surface area contributed by atoms with Crippen molar-refractivity contribution >= 4 is 23.4 Å². The van der Waals surface area contributed by atoms with Crippen LogP contribution in [-0.4, -0.2) is 54.1 Å². The van der Waals surface area contributed by atoms with Crippen molar-refractivity contribution in [1.82, 2.24) is 10.9 Å². The lowest BCUT2D eigenvalue weighted by atomic mass is 9.94. The highest BCUT2D eigenvalue weighted by Gasteiger charge is 2.65. The summed E-state index contributed by atoms with van der Waals surface area (Å²) in [5, 5.41) is 0.475. The van der Waals surface area contributed by atoms with Crippen molar-refractivity contribution in [2.24, 2.45) is 0 Å². The first kappa shape index (κ1) is 24.6. The zero-order valence-corrected chi connectivity index (χ0v) is 21.2. The molecule has 2 aliphatic carbocycles. The molecule has 2 spiro atoms. The van der Waals surface area contributed by atoms with E-state index in [0.29, 0.717) is 10.6 Å². The third-order valence-corrected chi connectivity index (χ3v) is 8.51. The summed E-state index contributed by atoms with van der Waals surface area (Å²) in [5.74, 6) is -2.45. The van der Waals surface area contributed by atoms with Crippen LogP contribution in [0.25, 0.3) is 0 Å². The van der Waals surface area contributed by atoms with E-state index in [-0.39, 0.29) is 0 Å². The minimum absolute atomic E-state index is 0.335. The number of benzene rings is 1. The van der Waals surface area contributed by atoms with Gasteiger partial charge in [0.05, 0.1) is 0 Å². The summed E-state index contributed by atoms with van der Waals surface area (Å²) in [6.45, 7) is 1.85. The van der Waals surface area contributed by atoms with Crippen LogP contribution in [0.4, 0.5) is 0 Å². The smallest absolute Gasteiger partial charge is 0.270 e. The number of rotatable bonds is 2. The minimum atomic E-state index is -1.03. The molecule has 9 nitrogen and oxygen atoms in total. The molecule has 2 amide bonds. The molecule has 36 heavy (non-hydrogen) atoms. The van der Waals surface area contributed by atoms with E-state index < -0.39 is 54.1 Å². The first-order valence-corrected chi connectivity index (χ1v) is 13.5. The third kappa shape index (κ3) is 4.44. The van der Waals surface area contributed by atoms with Gasteiger partial charge in [-0.2, -0.15) is 0 Å². The van der Waals surface area contributed by atoms with Crippen LogP contribution in [0.1, 0.15) is 80.1 Å². The fourth-order valence-corrected chi connectivity index (χ4v) is 6.34. The Balaban J connectivity index is 1.19. The minimum Gasteiger partial charge on any atom is -0.341 e. The summed E-state index contributed by atoms with van der Waals surface area (Å²) in [6.07, 6.45) is 6.04. The van der Waals surface area contributed by atoms with E-state index in [9.17, 15) is 9.59 Å². The molecule has 2 N–H and O–H groups in total. The van der Waals surface area contributed by atoms with Gasteiger partial charge in [0.25, 0.3) is 11.8 Å². The van der Waals surface area contributed by atoms with Gasteiger partial charge in [-0.05, 0) is 50.3 Å². The highest BCUT2D eigenvalue weighted by Crippen LogP contribution is 2.50. The second kappa shape index (κ2) is 9.53. The molecule has 2 saturated carbocycles. The lowest BCUT2D eigenvalue weighted by Gasteiger charge is -2.36. The highest BCUT2D eigenvalue weighted by atomic mass is 35.5. The van der Waals surface area contributed by atoms with E-state index in [1.165, 1.54) is 0 Å². The van der Waals surface area contributed by atoms with Crippen LogP contribution >= 0.6 is 11.6 Å². The largest absolute Gasteiger partial charge is 0.341 e. The number of hydrogen-bond acceptors (Lipinski definition) is 7. The van der Waals surface area contributed by atoms with Crippen molar-refractivity contribution in [2.75, 3.05) is 0 Å². The van der Waals surface area contributed by atoms with Gasteiger partial charge < -0.3 is 23.7 Å². The molecule has 1 aromatic rings. The van der Waals surface area contributed by atoms with Gasteiger partial charge in [-0.25, -0.2) is 0 Å². The lowest BCUT2D eigenvalue weighted by Crippen LogP contribution is -2.61. The molecule has 1 aromatic carbocycles. The number of aryl methyl sites for hydroxylation is 1. The molecule has 0 unspecified atom stereocenters. The quantitative estimate of drug-likeness (QED) is 0.573. The number of hydrogen-bond donors (Lipinski definition) is 2. The molecule has 5 atom stereocenters. The number of carbonyl (C=O) groups excluding carboxylic acids is 2. The first-order valence-electron chi connectivity index (χ1n) is 13.1. The number of fused-ring (bicyclic) bond motifs is 3. The molecule has 0 radical (unpaired) electrons. The molecule has 0 bridgehead atoms. The number of nitrogens with one attached hydrogen (secondary N) is 2. The van der Waals surface area contributed by atoms with Crippen LogP contribution in [0.15, 0.2) is 18.2 Å². The van der Waals surface area contributed by atoms with Gasteiger partial charge in [0.15, 0.2) is 24.0 Å². The van der Waals surface area contributed by atoms with Crippen LogP contribution in [-0.2, 0) is 28.5 Å². The fourth-order valence-electron chi connectivity index (χ4n) is 6.16. The maximum Gasteiger partial charge on any atom is 0.270 e. The summed E-state index contributed by atoms with van der Waals surface area (Å²) in [6, 6.07) is 4.96. The average Bonchev–Trinajstić information content (AvgIpc) is 3.42. The second-order valence-electron chi connectivity index (χ2n) is 10.6. The maximum absolute atomic E-state index is 13.3. The Labute approximate surface area is 215 Å². The molecule has 5 aliphatic rings. The number of ether oxygens (including phenoxy) is 5. The molecule has 0 aromatic heterocycles. The number of hydrazine groups is 1. The van der Waals surface area contributed by atoms with Crippen molar-refractivity contribution in [3.8, 4) is 0 Å². The number of carbonyl (C=O) groups is 2. The predicted octanol–water partition coefficient (Wildman–Crippen LogP) is 3.65. The fraction of sp³-hybridized carbons (Fsp3) is 0.692. The molecule has 196 valence electrons. The topological polar surface area (TPSA) is 104 Å². The van der Waals surface area contributed by atoms with Gasteiger partial charge in [-0.15, -0.1) is 0 Å². The monoisotopic (exact) mass is 520 g/mol. The van der Waals surface area contributed by atoms with Crippen molar-refractivity contribution in [3.63, 3.8) is 0 Å². The highest BCUT2D eigenvalue weighted by molar-refractivity contribution is 6.31. The standard InChI is InChI=1S/C26H33ClN2O7/c1-15-8-9-16(14-17(15)27)22(30)28-29-23(31)20-18-19(34-25(33-18)10-4-2-5-11-25)21-24(32-20)36-26(35-21)12-6-3-7-13-26/h8-9,14,18-21,24H,2-7,10-13H2,1H3,(H,28,30)(H,29,31)/t18-,19+,20-,21-,24-/m1/s1. The molecule has 5 fully saturated rings. The summed E-state index contributed by atoms with van der Waals surface area (Å²) < 4.78 is 32.0. The van der Waals surface area contributed by atoms with E-state index in [2.05, 4.69) is 10.9 Å². The zero-order chi connectivity index (χ0) is 24.9. The second-order valence-corrected chi connectivity index (χ2v) is 11.0. The van der Waals surface area contributed by atoms with Crippen molar-refractivity contribution in [2.45, 2.75) is 113 Å². The van der Waals surface area contributed by atoms with E-state index in [0.717, 1.165) is 69.8 Å². The predicted molar refractivity (Wildman–Crippen MR) is 128 cm³/mol. The normalized spacial score (nSPS) is 34.2. The third-order valence-electron chi connectivity index (χ3n) is 8.10. The van der Waals surface area contributed by atoms with Gasteiger partial charge in [-0.1, -0.05) is 30.5 Å². The molecule has 6 rings (SSSR count). The van der Waals surface area contributed by atoms with Crippen molar-refractivity contribution in [1.29, 1.82) is 0 Å². The van der Waals surface area contributed by atoms with E-state index >= 15 is 0 Å². The van der Waals surface area contributed by atoms with Gasteiger partial charge in [0.2, 0.25) is 0 Å². The molecule has 10 heteroatoms. The van der Waals surface area contributed by atoms with E-state index in [1.54, 1.807) is 18.2 Å². The summed E-state index contributed by atoms with van der Waals surface area (Å²) in [7, 11) is 0. The van der Waals surface area contributed by atoms with Gasteiger partial charge in [0.1, 0.15) is 18.3 Å². The molecular weight excluding hydrogens is 488 g/mol. The van der Waals surface area contributed by atoms with E-state index in [1.807, 2.05) is 6.92 Å². The Kier molecular flexibility index (Phi) is 6.50.